The summed E-state index contributed by atoms with van der Waals surface area (Å²) in [5.41, 5.74) is 1.54. The number of hydrogen-bond donors (Lipinski definition) is 2. The average Bonchev–Trinajstić information content (AvgIpc) is 3.09. The number of carboxylic acids is 1. The molecule has 2 N–H and O–H groups in total. The molecule has 3 rings (SSSR count). The zero-order chi connectivity index (χ0) is 12.7. The molecule has 0 radical (unpaired) electrons. The number of hydrogen-bond acceptors (Lipinski definition) is 3. The van der Waals surface area contributed by atoms with E-state index in [4.69, 9.17) is 9.84 Å². The van der Waals surface area contributed by atoms with Crippen molar-refractivity contribution in [2.45, 2.75) is 25.4 Å². The van der Waals surface area contributed by atoms with Gasteiger partial charge in [-0.05, 0) is 31.0 Å². The van der Waals surface area contributed by atoms with Crippen molar-refractivity contribution in [1.82, 2.24) is 0 Å². The van der Waals surface area contributed by atoms with Gasteiger partial charge in [0.1, 0.15) is 5.75 Å². The van der Waals surface area contributed by atoms with Crippen molar-refractivity contribution in [3.05, 3.63) is 23.8 Å². The third kappa shape index (κ3) is 2.03. The molecule has 2 aliphatic rings. The lowest BCUT2D eigenvalue weighted by atomic mass is 10.1. The van der Waals surface area contributed by atoms with Crippen LogP contribution in [0, 0.1) is 5.92 Å². The van der Waals surface area contributed by atoms with Crippen LogP contribution in [0.25, 0.3) is 0 Å². The van der Waals surface area contributed by atoms with Crippen molar-refractivity contribution in [1.29, 1.82) is 0 Å². The summed E-state index contributed by atoms with van der Waals surface area (Å²) >= 11 is 0. The molecule has 0 bridgehead atoms. The molecule has 0 aromatic heterocycles. The van der Waals surface area contributed by atoms with E-state index < -0.39 is 12.1 Å². The van der Waals surface area contributed by atoms with Crippen LogP contribution in [-0.4, -0.2) is 23.1 Å². The number of fused-ring (bicyclic) bond motifs is 1. The Hall–Kier alpha value is -2.04. The molecule has 1 atom stereocenters. The molecule has 18 heavy (non-hydrogen) atoms. The maximum atomic E-state index is 11.6. The molecular weight excluding hydrogens is 234 g/mol. The smallest absolute Gasteiger partial charge is 0.345 e. The van der Waals surface area contributed by atoms with Gasteiger partial charge in [0.05, 0.1) is 0 Å². The molecule has 1 aliphatic carbocycles. The lowest BCUT2D eigenvalue weighted by molar-refractivity contribution is -0.144. The van der Waals surface area contributed by atoms with Gasteiger partial charge in [0.25, 0.3) is 0 Å². The molecule has 1 amide bonds. The SMILES string of the molecule is O=C(Nc1ccc2c(c1)C[C@@H](C(=O)O)O2)C1CC1. The summed E-state index contributed by atoms with van der Waals surface area (Å²) in [5, 5.41) is 11.7. The zero-order valence-corrected chi connectivity index (χ0v) is 9.68. The molecule has 1 aromatic carbocycles. The first kappa shape index (κ1) is 11.1. The molecule has 94 valence electrons. The first-order chi connectivity index (χ1) is 8.63. The van der Waals surface area contributed by atoms with Crippen molar-refractivity contribution >= 4 is 17.6 Å². The van der Waals surface area contributed by atoms with Gasteiger partial charge in [-0.3, -0.25) is 4.79 Å². The van der Waals surface area contributed by atoms with Crippen molar-refractivity contribution in [3.63, 3.8) is 0 Å². The molecule has 0 unspecified atom stereocenters. The van der Waals surface area contributed by atoms with Gasteiger partial charge in [0.15, 0.2) is 6.10 Å². The Bertz CT molecular complexity index is 522. The highest BCUT2D eigenvalue weighted by atomic mass is 16.5. The van der Waals surface area contributed by atoms with Crippen molar-refractivity contribution in [3.8, 4) is 5.75 Å². The minimum Gasteiger partial charge on any atom is -0.478 e. The fourth-order valence-corrected chi connectivity index (χ4v) is 2.05. The van der Waals surface area contributed by atoms with Crippen molar-refractivity contribution in [2.75, 3.05) is 5.32 Å². The first-order valence-corrected chi connectivity index (χ1v) is 5.97. The van der Waals surface area contributed by atoms with Gasteiger partial charge in [-0.2, -0.15) is 0 Å². The summed E-state index contributed by atoms with van der Waals surface area (Å²) in [6.45, 7) is 0. The molecule has 1 heterocycles. The van der Waals surface area contributed by atoms with E-state index >= 15 is 0 Å². The minimum atomic E-state index is -0.963. The number of anilines is 1. The number of nitrogens with one attached hydrogen (secondary N) is 1. The minimum absolute atomic E-state index is 0.0450. The van der Waals surface area contributed by atoms with Crippen LogP contribution in [0.4, 0.5) is 5.69 Å². The Labute approximate surface area is 104 Å². The molecule has 1 saturated carbocycles. The summed E-state index contributed by atoms with van der Waals surface area (Å²) in [5.74, 6) is -0.175. The topological polar surface area (TPSA) is 75.6 Å². The maximum absolute atomic E-state index is 11.6. The number of carbonyl (C=O) groups is 2. The number of benzene rings is 1. The van der Waals surface area contributed by atoms with Crippen LogP contribution in [0.3, 0.4) is 0 Å². The number of carbonyl (C=O) groups excluding carboxylic acids is 1. The van der Waals surface area contributed by atoms with Gasteiger partial charge in [-0.1, -0.05) is 0 Å². The van der Waals surface area contributed by atoms with E-state index in [1.165, 1.54) is 0 Å². The second-order valence-corrected chi connectivity index (χ2v) is 4.73. The van der Waals surface area contributed by atoms with Gasteiger partial charge >= 0.3 is 5.97 Å². The van der Waals surface area contributed by atoms with Crippen LogP contribution in [0.15, 0.2) is 18.2 Å². The highest BCUT2D eigenvalue weighted by Crippen LogP contribution is 2.33. The van der Waals surface area contributed by atoms with Crippen LogP contribution in [-0.2, 0) is 16.0 Å². The molecule has 1 aromatic rings. The molecule has 5 nitrogen and oxygen atoms in total. The number of rotatable bonds is 3. The molecule has 0 saturated heterocycles. The molecule has 1 aliphatic heterocycles. The number of amides is 1. The summed E-state index contributed by atoms with van der Waals surface area (Å²) in [6.07, 6.45) is 1.45. The van der Waals surface area contributed by atoms with E-state index in [0.29, 0.717) is 17.9 Å². The Balaban J connectivity index is 1.74. The van der Waals surface area contributed by atoms with E-state index in [-0.39, 0.29) is 11.8 Å². The van der Waals surface area contributed by atoms with Crippen LogP contribution in [0.2, 0.25) is 0 Å². The lowest BCUT2D eigenvalue weighted by Crippen LogP contribution is -2.24. The summed E-state index contributed by atoms with van der Waals surface area (Å²) in [4.78, 5) is 22.4. The monoisotopic (exact) mass is 247 g/mol. The van der Waals surface area contributed by atoms with Gasteiger partial charge in [0.2, 0.25) is 5.91 Å². The Morgan fingerprint density at radius 3 is 2.78 bits per heavy atom. The molecule has 0 spiro atoms. The summed E-state index contributed by atoms with van der Waals surface area (Å²) in [6, 6.07) is 5.24. The van der Waals surface area contributed by atoms with Crippen LogP contribution >= 0.6 is 0 Å². The third-order valence-electron chi connectivity index (χ3n) is 3.23. The lowest BCUT2D eigenvalue weighted by Gasteiger charge is -2.06. The molecular formula is C13H13NO4. The third-order valence-corrected chi connectivity index (χ3v) is 3.23. The average molecular weight is 247 g/mol. The highest BCUT2D eigenvalue weighted by Gasteiger charge is 2.31. The van der Waals surface area contributed by atoms with Gasteiger partial charge in [-0.15, -0.1) is 0 Å². The number of aliphatic carboxylic acids is 1. The van der Waals surface area contributed by atoms with Gasteiger partial charge < -0.3 is 15.2 Å². The fourth-order valence-electron chi connectivity index (χ4n) is 2.05. The normalized spacial score (nSPS) is 21.0. The number of carboxylic acid groups (broad SMARTS) is 1. The predicted octanol–water partition coefficient (Wildman–Crippen LogP) is 1.42. The van der Waals surface area contributed by atoms with Crippen LogP contribution in [0.5, 0.6) is 5.75 Å². The van der Waals surface area contributed by atoms with E-state index in [1.54, 1.807) is 18.2 Å². The fraction of sp³-hybridized carbons (Fsp3) is 0.385. The van der Waals surface area contributed by atoms with Gasteiger partial charge in [-0.25, -0.2) is 4.79 Å². The van der Waals surface area contributed by atoms with E-state index in [1.807, 2.05) is 0 Å². The van der Waals surface area contributed by atoms with Crippen LogP contribution in [0.1, 0.15) is 18.4 Å². The standard InChI is InChI=1S/C13H13NO4/c15-12(7-1-2-7)14-9-3-4-10-8(5-9)6-11(18-10)13(16)17/h3-5,7,11H,1-2,6H2,(H,14,15)(H,16,17)/t11-/m0/s1. The van der Waals surface area contributed by atoms with E-state index in [9.17, 15) is 9.59 Å². The summed E-state index contributed by atoms with van der Waals surface area (Å²) < 4.78 is 5.28. The van der Waals surface area contributed by atoms with E-state index in [2.05, 4.69) is 5.32 Å². The Morgan fingerprint density at radius 1 is 1.33 bits per heavy atom. The largest absolute Gasteiger partial charge is 0.478 e. The van der Waals surface area contributed by atoms with Crippen LogP contribution < -0.4 is 10.1 Å². The maximum Gasteiger partial charge on any atom is 0.345 e. The number of ether oxygens (including phenoxy) is 1. The zero-order valence-electron chi connectivity index (χ0n) is 9.68. The quantitative estimate of drug-likeness (QED) is 0.847. The second kappa shape index (κ2) is 4.01. The highest BCUT2D eigenvalue weighted by molar-refractivity contribution is 5.94. The van der Waals surface area contributed by atoms with Crippen molar-refractivity contribution in [2.24, 2.45) is 5.92 Å². The van der Waals surface area contributed by atoms with Crippen molar-refractivity contribution < 1.29 is 19.4 Å². The second-order valence-electron chi connectivity index (χ2n) is 4.73. The first-order valence-electron chi connectivity index (χ1n) is 5.97. The Morgan fingerprint density at radius 2 is 2.11 bits per heavy atom. The Kier molecular flexibility index (Phi) is 2.47. The summed E-state index contributed by atoms with van der Waals surface area (Å²) in [7, 11) is 0. The predicted molar refractivity (Wildman–Crippen MR) is 63.6 cm³/mol. The van der Waals surface area contributed by atoms with Gasteiger partial charge in [0, 0.05) is 23.6 Å². The van der Waals surface area contributed by atoms with E-state index in [0.717, 1.165) is 18.4 Å². The molecule has 5 heteroatoms. The molecule has 1 fully saturated rings.